The van der Waals surface area contributed by atoms with Crippen LogP contribution in [0.3, 0.4) is 0 Å². The quantitative estimate of drug-likeness (QED) is 0.423. The van der Waals surface area contributed by atoms with Crippen LogP contribution in [-0.2, 0) is 0 Å². The molecule has 25 heavy (non-hydrogen) atoms. The molecule has 1 aromatic heterocycles. The largest absolute Gasteiger partial charge is 0.228 e. The molecule has 2 nitrogen and oxygen atoms in total. The molecule has 0 aliphatic carbocycles. The van der Waals surface area contributed by atoms with Crippen molar-refractivity contribution in [1.29, 1.82) is 0 Å². The lowest BCUT2D eigenvalue weighted by Crippen LogP contribution is -1.96. The Bertz CT molecular complexity index is 1030. The summed E-state index contributed by atoms with van der Waals surface area (Å²) in [6.07, 6.45) is 0. The van der Waals surface area contributed by atoms with E-state index in [-0.39, 0.29) is 0 Å². The summed E-state index contributed by atoms with van der Waals surface area (Å²) in [6, 6.07) is 24.9. The molecule has 4 aromatic rings. The van der Waals surface area contributed by atoms with Crippen LogP contribution in [0.1, 0.15) is 11.1 Å². The number of nitrogens with zero attached hydrogens (tertiary/aromatic N) is 2. The first-order valence-corrected chi connectivity index (χ1v) is 9.10. The molecule has 1 heterocycles. The summed E-state index contributed by atoms with van der Waals surface area (Å²) in [5.74, 6) is 0.775. The van der Waals surface area contributed by atoms with Crippen molar-refractivity contribution in [3.05, 3.63) is 83.9 Å². The fraction of sp³-hybridized carbons (Fsp3) is 0.0909. The highest BCUT2D eigenvalue weighted by atomic mass is 32.2. The Morgan fingerprint density at radius 3 is 2.16 bits per heavy atom. The van der Waals surface area contributed by atoms with Crippen LogP contribution in [0, 0.1) is 13.8 Å². The first-order valence-electron chi connectivity index (χ1n) is 8.28. The monoisotopic (exact) mass is 342 g/mol. The van der Waals surface area contributed by atoms with E-state index in [1.807, 2.05) is 24.3 Å². The third kappa shape index (κ3) is 3.28. The molecular weight excluding hydrogens is 324 g/mol. The number of hydrogen-bond acceptors (Lipinski definition) is 3. The maximum Gasteiger partial charge on any atom is 0.161 e. The lowest BCUT2D eigenvalue weighted by molar-refractivity contribution is 1.10. The lowest BCUT2D eigenvalue weighted by atomic mass is 10.1. The average molecular weight is 342 g/mol. The fourth-order valence-electron chi connectivity index (χ4n) is 2.99. The van der Waals surface area contributed by atoms with Crippen LogP contribution in [0.15, 0.2) is 82.7 Å². The van der Waals surface area contributed by atoms with Gasteiger partial charge in [0.05, 0.1) is 5.52 Å². The van der Waals surface area contributed by atoms with E-state index in [2.05, 4.69) is 62.4 Å². The molecule has 0 unspecified atom stereocenters. The van der Waals surface area contributed by atoms with Gasteiger partial charge in [0.1, 0.15) is 5.03 Å². The van der Waals surface area contributed by atoms with Crippen molar-refractivity contribution >= 4 is 22.7 Å². The molecule has 122 valence electrons. The standard InChI is InChI=1S/C22H18N2S/c1-15-13-16(2)20-19(14-15)23-21(17-9-5-3-6-10-17)24-22(20)25-18-11-7-4-8-12-18/h3-14H,1-2H3. The molecule has 0 atom stereocenters. The van der Waals surface area contributed by atoms with E-state index in [0.717, 1.165) is 27.3 Å². The van der Waals surface area contributed by atoms with Gasteiger partial charge >= 0.3 is 0 Å². The van der Waals surface area contributed by atoms with Gasteiger partial charge in [-0.15, -0.1) is 0 Å². The van der Waals surface area contributed by atoms with Gasteiger partial charge in [-0.1, -0.05) is 66.4 Å². The summed E-state index contributed by atoms with van der Waals surface area (Å²) < 4.78 is 0. The molecule has 3 heteroatoms. The molecule has 0 saturated heterocycles. The van der Waals surface area contributed by atoms with Gasteiger partial charge in [-0.25, -0.2) is 9.97 Å². The van der Waals surface area contributed by atoms with Crippen LogP contribution < -0.4 is 0 Å². The van der Waals surface area contributed by atoms with Gasteiger partial charge in [0, 0.05) is 15.8 Å². The van der Waals surface area contributed by atoms with Gasteiger partial charge in [0.25, 0.3) is 0 Å². The van der Waals surface area contributed by atoms with Crippen molar-refractivity contribution in [3.8, 4) is 11.4 Å². The van der Waals surface area contributed by atoms with E-state index in [1.54, 1.807) is 11.8 Å². The predicted octanol–water partition coefficient (Wildman–Crippen LogP) is 6.06. The zero-order valence-corrected chi connectivity index (χ0v) is 15.0. The molecule has 0 saturated carbocycles. The molecule has 0 bridgehead atoms. The topological polar surface area (TPSA) is 25.8 Å². The number of hydrogen-bond donors (Lipinski definition) is 0. The van der Waals surface area contributed by atoms with Crippen LogP contribution in [0.5, 0.6) is 0 Å². The van der Waals surface area contributed by atoms with E-state index in [1.165, 1.54) is 16.0 Å². The molecule has 3 aromatic carbocycles. The van der Waals surface area contributed by atoms with Gasteiger partial charge in [-0.05, 0) is 43.2 Å². The zero-order chi connectivity index (χ0) is 17.2. The fourth-order valence-corrected chi connectivity index (χ4v) is 4.01. The maximum atomic E-state index is 4.91. The van der Waals surface area contributed by atoms with Crippen molar-refractivity contribution in [2.45, 2.75) is 23.8 Å². The van der Waals surface area contributed by atoms with E-state index in [0.29, 0.717) is 0 Å². The van der Waals surface area contributed by atoms with Crippen molar-refractivity contribution in [1.82, 2.24) is 9.97 Å². The Labute approximate surface area is 152 Å². The summed E-state index contributed by atoms with van der Waals surface area (Å²) in [5, 5.41) is 2.15. The van der Waals surface area contributed by atoms with Crippen molar-refractivity contribution in [3.63, 3.8) is 0 Å². The van der Waals surface area contributed by atoms with Crippen LogP contribution in [0.25, 0.3) is 22.3 Å². The van der Waals surface area contributed by atoms with Crippen molar-refractivity contribution < 1.29 is 0 Å². The maximum absolute atomic E-state index is 4.91. The van der Waals surface area contributed by atoms with Crippen molar-refractivity contribution in [2.75, 3.05) is 0 Å². The van der Waals surface area contributed by atoms with Gasteiger partial charge in [0.15, 0.2) is 5.82 Å². The first-order chi connectivity index (χ1) is 12.2. The predicted molar refractivity (Wildman–Crippen MR) is 105 cm³/mol. The second-order valence-corrected chi connectivity index (χ2v) is 7.17. The molecular formula is C22H18N2S. The summed E-state index contributed by atoms with van der Waals surface area (Å²) in [5.41, 5.74) is 4.48. The molecule has 0 N–H and O–H groups in total. The Morgan fingerprint density at radius 1 is 0.760 bits per heavy atom. The summed E-state index contributed by atoms with van der Waals surface area (Å²) >= 11 is 1.69. The summed E-state index contributed by atoms with van der Waals surface area (Å²) in [7, 11) is 0. The molecule has 0 fully saturated rings. The Hall–Kier alpha value is -2.65. The minimum Gasteiger partial charge on any atom is -0.228 e. The number of aryl methyl sites for hydroxylation is 2. The molecule has 0 amide bonds. The number of benzene rings is 3. The van der Waals surface area contributed by atoms with Crippen LogP contribution >= 0.6 is 11.8 Å². The van der Waals surface area contributed by atoms with Crippen molar-refractivity contribution in [2.24, 2.45) is 0 Å². The SMILES string of the molecule is Cc1cc(C)c2c(Sc3ccccc3)nc(-c3ccccc3)nc2c1. The van der Waals surface area contributed by atoms with Gasteiger partial charge in [-0.2, -0.15) is 0 Å². The smallest absolute Gasteiger partial charge is 0.161 e. The second kappa shape index (κ2) is 6.69. The first kappa shape index (κ1) is 15.9. The summed E-state index contributed by atoms with van der Waals surface area (Å²) in [4.78, 5) is 10.9. The van der Waals surface area contributed by atoms with Crippen LogP contribution in [-0.4, -0.2) is 9.97 Å². The minimum absolute atomic E-state index is 0.775. The highest BCUT2D eigenvalue weighted by Crippen LogP contribution is 2.35. The van der Waals surface area contributed by atoms with Gasteiger partial charge in [0.2, 0.25) is 0 Å². The molecule has 0 spiro atoms. The second-order valence-electron chi connectivity index (χ2n) is 6.11. The number of rotatable bonds is 3. The minimum atomic E-state index is 0.775. The van der Waals surface area contributed by atoms with E-state index >= 15 is 0 Å². The lowest BCUT2D eigenvalue weighted by Gasteiger charge is -2.11. The molecule has 0 radical (unpaired) electrons. The Balaban J connectivity index is 1.95. The van der Waals surface area contributed by atoms with E-state index < -0.39 is 0 Å². The van der Waals surface area contributed by atoms with E-state index in [9.17, 15) is 0 Å². The number of fused-ring (bicyclic) bond motifs is 1. The molecule has 4 rings (SSSR count). The highest BCUT2D eigenvalue weighted by Gasteiger charge is 2.13. The molecule has 0 aliphatic rings. The third-order valence-corrected chi connectivity index (χ3v) is 5.09. The van der Waals surface area contributed by atoms with Gasteiger partial charge < -0.3 is 0 Å². The van der Waals surface area contributed by atoms with Gasteiger partial charge in [-0.3, -0.25) is 0 Å². The Morgan fingerprint density at radius 2 is 1.44 bits per heavy atom. The summed E-state index contributed by atoms with van der Waals surface area (Å²) in [6.45, 7) is 4.25. The average Bonchev–Trinajstić information content (AvgIpc) is 2.62. The van der Waals surface area contributed by atoms with E-state index in [4.69, 9.17) is 9.97 Å². The molecule has 0 aliphatic heterocycles. The third-order valence-electron chi connectivity index (χ3n) is 4.10. The number of aromatic nitrogens is 2. The van der Waals surface area contributed by atoms with Crippen LogP contribution in [0.2, 0.25) is 0 Å². The zero-order valence-electron chi connectivity index (χ0n) is 14.2. The van der Waals surface area contributed by atoms with Crippen LogP contribution in [0.4, 0.5) is 0 Å². The highest BCUT2D eigenvalue weighted by molar-refractivity contribution is 7.99. The Kier molecular flexibility index (Phi) is 4.24. The normalized spacial score (nSPS) is 11.0.